The summed E-state index contributed by atoms with van der Waals surface area (Å²) < 4.78 is 43.5. The maximum absolute atomic E-state index is 14.8. The molecule has 1 fully saturated rings. The number of aromatic amines is 1. The van der Waals surface area contributed by atoms with Gasteiger partial charge in [0.05, 0.1) is 23.9 Å². The maximum atomic E-state index is 14.8. The molecule has 2 aromatic carbocycles. The van der Waals surface area contributed by atoms with Gasteiger partial charge in [0.25, 0.3) is 0 Å². The van der Waals surface area contributed by atoms with Gasteiger partial charge in [0.2, 0.25) is 0 Å². The first kappa shape index (κ1) is 25.6. The quantitative estimate of drug-likeness (QED) is 0.391. The molecule has 36 heavy (non-hydrogen) atoms. The van der Waals surface area contributed by atoms with Gasteiger partial charge in [-0.1, -0.05) is 30.3 Å². The highest BCUT2D eigenvalue weighted by Crippen LogP contribution is 2.38. The summed E-state index contributed by atoms with van der Waals surface area (Å²) in [5.74, 6) is -2.43. The van der Waals surface area contributed by atoms with E-state index in [-0.39, 0.29) is 22.9 Å². The first-order valence-corrected chi connectivity index (χ1v) is 13.6. The number of amides is 1. The number of cyclic esters (lactones) is 1. The Labute approximate surface area is 208 Å². The highest BCUT2D eigenvalue weighted by Gasteiger charge is 2.35. The summed E-state index contributed by atoms with van der Waals surface area (Å²) in [6.45, 7) is 2.73. The van der Waals surface area contributed by atoms with Crippen molar-refractivity contribution in [3.63, 3.8) is 0 Å². The van der Waals surface area contributed by atoms with Gasteiger partial charge in [-0.3, -0.25) is 4.90 Å². The summed E-state index contributed by atoms with van der Waals surface area (Å²) in [6, 6.07) is 8.85. The molecule has 2 atom stereocenters. The second kappa shape index (κ2) is 9.90. The molecule has 0 radical (unpaired) electrons. The zero-order valence-corrected chi connectivity index (χ0v) is 20.8. The Bertz CT molecular complexity index is 1440. The molecule has 2 unspecified atom stereocenters. The minimum atomic E-state index is -3.45. The molecule has 1 aliphatic rings. The van der Waals surface area contributed by atoms with Crippen molar-refractivity contribution in [1.82, 2.24) is 9.88 Å². The molecule has 3 aromatic rings. The van der Waals surface area contributed by atoms with Crippen molar-refractivity contribution < 1.29 is 32.2 Å². The van der Waals surface area contributed by atoms with E-state index in [0.717, 1.165) is 18.7 Å². The maximum Gasteiger partial charge on any atom is 0.410 e. The number of fused-ring (bicyclic) bond motifs is 1. The van der Waals surface area contributed by atoms with E-state index < -0.39 is 39.5 Å². The van der Waals surface area contributed by atoms with Crippen LogP contribution in [0.5, 0.6) is 0 Å². The van der Waals surface area contributed by atoms with Crippen molar-refractivity contribution in [3.8, 4) is 11.1 Å². The van der Waals surface area contributed by atoms with Crippen molar-refractivity contribution in [2.45, 2.75) is 37.7 Å². The van der Waals surface area contributed by atoms with Crippen LogP contribution < -0.4 is 5.73 Å². The molecule has 11 heteroatoms. The lowest BCUT2D eigenvalue weighted by Gasteiger charge is -2.23. The number of hydrogen-bond acceptors (Lipinski definition) is 6. The van der Waals surface area contributed by atoms with Gasteiger partial charge >= 0.3 is 12.1 Å². The first-order valence-electron chi connectivity index (χ1n) is 11.5. The van der Waals surface area contributed by atoms with Crippen molar-refractivity contribution in [3.05, 3.63) is 59.0 Å². The topological polar surface area (TPSA) is 143 Å². The highest BCUT2D eigenvalue weighted by molar-refractivity contribution is 7.89. The zero-order chi connectivity index (χ0) is 26.2. The molecule has 192 valence electrons. The molecule has 4 rings (SSSR count). The van der Waals surface area contributed by atoms with Crippen LogP contribution in [0.25, 0.3) is 22.0 Å². The van der Waals surface area contributed by atoms with Crippen LogP contribution in [0.4, 0.5) is 9.18 Å². The number of carboxylic acid groups (broad SMARTS) is 1. The van der Waals surface area contributed by atoms with E-state index in [1.54, 1.807) is 23.1 Å². The number of nitrogens with two attached hydrogens (primary N) is 1. The predicted octanol–water partition coefficient (Wildman–Crippen LogP) is 3.84. The molecule has 4 N–H and O–H groups in total. The summed E-state index contributed by atoms with van der Waals surface area (Å²) in [6.07, 6.45) is 1.70. The molecular formula is C25H28FN3O6S. The van der Waals surface area contributed by atoms with E-state index in [9.17, 15) is 27.5 Å². The van der Waals surface area contributed by atoms with Gasteiger partial charge in [-0.05, 0) is 43.5 Å². The standard InChI is InChI=1S/C25H28FN3O6S/c1-14(29-12-17(5-4-10-27)35-25(29)32)18-6-3-7-19-21(23(24(30)31)28-22(18)19)15-8-9-16(20(26)11-15)13-36(2,33)34/h3,6-9,11,14,17,28H,4-5,10,12-13,27H2,1-2H3,(H,30,31). The second-order valence-electron chi connectivity index (χ2n) is 9.09. The molecule has 0 bridgehead atoms. The number of carbonyl (C=O) groups is 2. The van der Waals surface area contributed by atoms with E-state index in [1.165, 1.54) is 12.1 Å². The number of hydrogen-bond donors (Lipinski definition) is 3. The van der Waals surface area contributed by atoms with Crippen LogP contribution in [0.15, 0.2) is 36.4 Å². The third-order valence-electron chi connectivity index (χ3n) is 6.39. The molecule has 0 saturated carbocycles. The van der Waals surface area contributed by atoms with Gasteiger partial charge in [-0.2, -0.15) is 0 Å². The Morgan fingerprint density at radius 2 is 2.08 bits per heavy atom. The van der Waals surface area contributed by atoms with E-state index in [0.29, 0.717) is 41.5 Å². The average Bonchev–Trinajstić information content (AvgIpc) is 3.38. The number of carboxylic acids is 1. The van der Waals surface area contributed by atoms with Crippen LogP contribution in [0.2, 0.25) is 0 Å². The number of nitrogens with zero attached hydrogens (tertiary/aromatic N) is 1. The fraction of sp³-hybridized carbons (Fsp3) is 0.360. The smallest absolute Gasteiger partial charge is 0.410 e. The first-order chi connectivity index (χ1) is 17.0. The average molecular weight is 518 g/mol. The van der Waals surface area contributed by atoms with Crippen LogP contribution >= 0.6 is 0 Å². The van der Waals surface area contributed by atoms with Gasteiger partial charge in [-0.25, -0.2) is 22.4 Å². The molecule has 2 heterocycles. The number of nitrogens with one attached hydrogen (secondary N) is 1. The Morgan fingerprint density at radius 1 is 1.33 bits per heavy atom. The number of ether oxygens (including phenoxy) is 1. The zero-order valence-electron chi connectivity index (χ0n) is 20.0. The largest absolute Gasteiger partial charge is 0.477 e. The minimum absolute atomic E-state index is 0.00372. The number of halogens is 1. The summed E-state index contributed by atoms with van der Waals surface area (Å²) in [5, 5.41) is 10.4. The van der Waals surface area contributed by atoms with Gasteiger partial charge in [0.1, 0.15) is 17.6 Å². The summed E-state index contributed by atoms with van der Waals surface area (Å²) in [5.41, 5.74) is 7.20. The van der Waals surface area contributed by atoms with E-state index >= 15 is 0 Å². The Hall–Kier alpha value is -3.44. The number of H-pyrrole nitrogens is 1. The normalized spacial score (nSPS) is 16.9. The minimum Gasteiger partial charge on any atom is -0.477 e. The second-order valence-corrected chi connectivity index (χ2v) is 11.2. The summed E-state index contributed by atoms with van der Waals surface area (Å²) in [7, 11) is -3.45. The van der Waals surface area contributed by atoms with Crippen molar-refractivity contribution >= 4 is 32.8 Å². The molecular weight excluding hydrogens is 489 g/mol. The van der Waals surface area contributed by atoms with Crippen LogP contribution in [0.3, 0.4) is 0 Å². The third-order valence-corrected chi connectivity index (χ3v) is 7.22. The molecule has 1 amide bonds. The predicted molar refractivity (Wildman–Crippen MR) is 133 cm³/mol. The lowest BCUT2D eigenvalue weighted by molar-refractivity contribution is 0.0692. The van der Waals surface area contributed by atoms with Gasteiger partial charge in [0.15, 0.2) is 9.84 Å². The Kier molecular flexibility index (Phi) is 7.05. The third kappa shape index (κ3) is 5.07. The molecule has 1 aliphatic heterocycles. The van der Waals surface area contributed by atoms with Crippen LogP contribution in [0, 0.1) is 5.82 Å². The van der Waals surface area contributed by atoms with Crippen LogP contribution in [-0.4, -0.2) is 60.9 Å². The SMILES string of the molecule is CC(c1cccc2c(-c3ccc(CS(C)(=O)=O)c(F)c3)c(C(=O)O)[nH]c12)N1CC(CCCN)OC1=O. The van der Waals surface area contributed by atoms with Gasteiger partial charge in [0, 0.05) is 22.8 Å². The van der Waals surface area contributed by atoms with Crippen molar-refractivity contribution in [2.24, 2.45) is 5.73 Å². The summed E-state index contributed by atoms with van der Waals surface area (Å²) in [4.78, 5) is 29.2. The number of aromatic nitrogens is 1. The van der Waals surface area contributed by atoms with Crippen LogP contribution in [-0.2, 0) is 20.3 Å². The fourth-order valence-electron chi connectivity index (χ4n) is 4.67. The number of rotatable bonds is 9. The number of aromatic carboxylic acids is 1. The van der Waals surface area contributed by atoms with Crippen molar-refractivity contribution in [1.29, 1.82) is 0 Å². The Balaban J connectivity index is 1.77. The highest BCUT2D eigenvalue weighted by atomic mass is 32.2. The van der Waals surface area contributed by atoms with Crippen LogP contribution in [0.1, 0.15) is 47.4 Å². The molecule has 0 aliphatic carbocycles. The fourth-order valence-corrected chi connectivity index (χ4v) is 5.47. The van der Waals surface area contributed by atoms with Gasteiger partial charge < -0.3 is 20.6 Å². The summed E-state index contributed by atoms with van der Waals surface area (Å²) >= 11 is 0. The van der Waals surface area contributed by atoms with E-state index in [4.69, 9.17) is 10.5 Å². The number of carbonyl (C=O) groups excluding carboxylic acids is 1. The lowest BCUT2D eigenvalue weighted by Crippen LogP contribution is -2.28. The lowest BCUT2D eigenvalue weighted by atomic mass is 9.97. The number of benzene rings is 2. The van der Waals surface area contributed by atoms with Crippen molar-refractivity contribution in [2.75, 3.05) is 19.3 Å². The molecule has 1 saturated heterocycles. The molecule has 9 nitrogen and oxygen atoms in total. The van der Waals surface area contributed by atoms with Gasteiger partial charge in [-0.15, -0.1) is 0 Å². The Morgan fingerprint density at radius 3 is 2.72 bits per heavy atom. The molecule has 1 aromatic heterocycles. The molecule has 0 spiro atoms. The number of para-hydroxylation sites is 1. The number of sulfone groups is 1. The van der Waals surface area contributed by atoms with E-state index in [2.05, 4.69) is 4.98 Å². The van der Waals surface area contributed by atoms with E-state index in [1.807, 2.05) is 6.92 Å². The monoisotopic (exact) mass is 517 g/mol.